The minimum atomic E-state index is -4.41. The van der Waals surface area contributed by atoms with Crippen LogP contribution in [0, 0.1) is 11.7 Å². The summed E-state index contributed by atoms with van der Waals surface area (Å²) in [5.74, 6) is -3.75. The number of alkyl halides is 3. The Balaban J connectivity index is 2.28. The number of carboxylic acids is 1. The number of hydrogen-bond acceptors (Lipinski definition) is 2. The van der Waals surface area contributed by atoms with E-state index in [2.05, 4.69) is 0 Å². The highest BCUT2D eigenvalue weighted by Crippen LogP contribution is 2.38. The summed E-state index contributed by atoms with van der Waals surface area (Å²) in [6.45, 7) is -1.56. The van der Waals surface area contributed by atoms with Crippen LogP contribution in [0.5, 0.6) is 0 Å². The van der Waals surface area contributed by atoms with Crippen LogP contribution in [0.3, 0.4) is 0 Å². The van der Waals surface area contributed by atoms with Crippen molar-refractivity contribution in [2.45, 2.75) is 12.1 Å². The number of carboxylic acid groups (broad SMARTS) is 1. The predicted molar refractivity (Wildman–Crippen MR) is 67.8 cm³/mol. The van der Waals surface area contributed by atoms with Crippen LogP contribution in [-0.4, -0.2) is 41.8 Å². The average Bonchev–Trinajstić information content (AvgIpc) is 2.74. The Hall–Kier alpha value is -1.34. The van der Waals surface area contributed by atoms with Crippen LogP contribution in [0.2, 0.25) is 5.02 Å². The SMILES string of the molecule is O=C(O)[C@H]1CN(CC(F)(F)F)C[C@H]1c1cccc(F)c1Cl. The fourth-order valence-corrected chi connectivity index (χ4v) is 2.91. The Labute approximate surface area is 123 Å². The molecule has 1 aromatic rings. The number of nitrogens with zero attached hydrogens (tertiary/aromatic N) is 1. The number of halogens is 5. The highest BCUT2D eigenvalue weighted by atomic mass is 35.5. The van der Waals surface area contributed by atoms with Crippen molar-refractivity contribution in [3.05, 3.63) is 34.6 Å². The van der Waals surface area contributed by atoms with E-state index in [0.29, 0.717) is 0 Å². The van der Waals surface area contributed by atoms with E-state index < -0.39 is 36.3 Å². The van der Waals surface area contributed by atoms with Crippen molar-refractivity contribution in [2.24, 2.45) is 5.92 Å². The number of carbonyl (C=O) groups is 1. The van der Waals surface area contributed by atoms with E-state index in [-0.39, 0.29) is 23.7 Å². The van der Waals surface area contributed by atoms with Gasteiger partial charge in [-0.2, -0.15) is 13.2 Å². The topological polar surface area (TPSA) is 40.5 Å². The molecule has 1 saturated heterocycles. The van der Waals surface area contributed by atoms with Crippen molar-refractivity contribution in [3.63, 3.8) is 0 Å². The van der Waals surface area contributed by atoms with E-state index in [1.807, 2.05) is 0 Å². The van der Waals surface area contributed by atoms with Gasteiger partial charge in [-0.05, 0) is 11.6 Å². The largest absolute Gasteiger partial charge is 0.481 e. The van der Waals surface area contributed by atoms with Gasteiger partial charge in [0.15, 0.2) is 0 Å². The molecule has 0 aliphatic carbocycles. The summed E-state index contributed by atoms with van der Waals surface area (Å²) >= 11 is 5.82. The van der Waals surface area contributed by atoms with Crippen molar-refractivity contribution in [1.29, 1.82) is 0 Å². The number of benzene rings is 1. The molecule has 0 unspecified atom stereocenters. The first-order valence-electron chi connectivity index (χ1n) is 6.15. The molecule has 2 atom stereocenters. The molecule has 116 valence electrons. The lowest BCUT2D eigenvalue weighted by Crippen LogP contribution is -2.33. The lowest BCUT2D eigenvalue weighted by Gasteiger charge is -2.18. The molecular weight excluding hydrogens is 314 g/mol. The standard InChI is InChI=1S/C13H12ClF4NO2/c14-11-7(2-1-3-10(11)15)8-4-19(6-13(16,17)18)5-9(8)12(20)21/h1-3,8-9H,4-6H2,(H,20,21)/t8-,9-/m0/s1. The Morgan fingerprint density at radius 1 is 1.38 bits per heavy atom. The van der Waals surface area contributed by atoms with Gasteiger partial charge in [-0.15, -0.1) is 0 Å². The van der Waals surface area contributed by atoms with Crippen LogP contribution in [0.1, 0.15) is 11.5 Å². The second-order valence-electron chi connectivity index (χ2n) is 5.00. The molecule has 8 heteroatoms. The van der Waals surface area contributed by atoms with Gasteiger partial charge in [-0.1, -0.05) is 23.7 Å². The highest BCUT2D eigenvalue weighted by Gasteiger charge is 2.43. The van der Waals surface area contributed by atoms with Crippen molar-refractivity contribution in [1.82, 2.24) is 4.90 Å². The minimum Gasteiger partial charge on any atom is -0.481 e. The highest BCUT2D eigenvalue weighted by molar-refractivity contribution is 6.31. The summed E-state index contributed by atoms with van der Waals surface area (Å²) in [5.41, 5.74) is 0.230. The molecule has 1 aliphatic rings. The van der Waals surface area contributed by atoms with Gasteiger partial charge in [-0.3, -0.25) is 9.69 Å². The molecule has 3 nitrogen and oxygen atoms in total. The molecule has 0 aromatic heterocycles. The van der Waals surface area contributed by atoms with Crippen molar-refractivity contribution in [3.8, 4) is 0 Å². The van der Waals surface area contributed by atoms with Crippen LogP contribution >= 0.6 is 11.6 Å². The maximum atomic E-state index is 13.5. The van der Waals surface area contributed by atoms with Crippen LogP contribution in [0.25, 0.3) is 0 Å². The number of hydrogen-bond donors (Lipinski definition) is 1. The van der Waals surface area contributed by atoms with E-state index in [4.69, 9.17) is 11.6 Å². The van der Waals surface area contributed by atoms with Gasteiger partial charge in [-0.25, -0.2) is 4.39 Å². The molecule has 0 amide bonds. The van der Waals surface area contributed by atoms with Crippen LogP contribution in [-0.2, 0) is 4.79 Å². The molecule has 1 fully saturated rings. The zero-order valence-electron chi connectivity index (χ0n) is 10.7. The van der Waals surface area contributed by atoms with Crippen LogP contribution < -0.4 is 0 Å². The van der Waals surface area contributed by atoms with Crippen molar-refractivity contribution in [2.75, 3.05) is 19.6 Å². The molecule has 0 spiro atoms. The number of rotatable bonds is 3. The first-order chi connectivity index (χ1) is 9.69. The van der Waals surface area contributed by atoms with Gasteiger partial charge < -0.3 is 5.11 Å². The number of aliphatic carboxylic acids is 1. The van der Waals surface area contributed by atoms with Gasteiger partial charge in [0.1, 0.15) is 5.82 Å². The Morgan fingerprint density at radius 3 is 2.62 bits per heavy atom. The molecule has 2 rings (SSSR count). The van der Waals surface area contributed by atoms with E-state index in [0.717, 1.165) is 11.0 Å². The summed E-state index contributed by atoms with van der Waals surface area (Å²) < 4.78 is 50.8. The van der Waals surface area contributed by atoms with Gasteiger partial charge in [0.2, 0.25) is 0 Å². The number of likely N-dealkylation sites (tertiary alicyclic amines) is 1. The molecule has 0 bridgehead atoms. The quantitative estimate of drug-likeness (QED) is 0.868. The first kappa shape index (κ1) is 16.0. The third-order valence-electron chi connectivity index (χ3n) is 3.50. The molecule has 1 N–H and O–H groups in total. The zero-order valence-corrected chi connectivity index (χ0v) is 11.5. The van der Waals surface area contributed by atoms with Gasteiger partial charge >= 0.3 is 12.1 Å². The smallest absolute Gasteiger partial charge is 0.401 e. The summed E-state index contributed by atoms with van der Waals surface area (Å²) in [6, 6.07) is 3.93. The van der Waals surface area contributed by atoms with Crippen molar-refractivity contribution >= 4 is 17.6 Å². The van der Waals surface area contributed by atoms with E-state index in [9.17, 15) is 27.5 Å². The molecule has 1 heterocycles. The average molecular weight is 326 g/mol. The molecule has 0 radical (unpaired) electrons. The molecule has 1 aliphatic heterocycles. The zero-order chi connectivity index (χ0) is 15.8. The maximum Gasteiger partial charge on any atom is 0.401 e. The summed E-state index contributed by atoms with van der Waals surface area (Å²) in [4.78, 5) is 12.3. The van der Waals surface area contributed by atoms with Gasteiger partial charge in [0.05, 0.1) is 17.5 Å². The molecular formula is C13H12ClF4NO2. The van der Waals surface area contributed by atoms with Crippen LogP contribution in [0.15, 0.2) is 18.2 Å². The third kappa shape index (κ3) is 3.65. The van der Waals surface area contributed by atoms with Gasteiger partial charge in [0.25, 0.3) is 0 Å². The third-order valence-corrected chi connectivity index (χ3v) is 3.90. The van der Waals surface area contributed by atoms with E-state index in [1.165, 1.54) is 12.1 Å². The Bertz CT molecular complexity index is 549. The van der Waals surface area contributed by atoms with Gasteiger partial charge in [0, 0.05) is 19.0 Å². The lowest BCUT2D eigenvalue weighted by molar-refractivity contribution is -0.147. The molecule has 1 aromatic carbocycles. The summed E-state index contributed by atoms with van der Waals surface area (Å²) in [6.07, 6.45) is -4.41. The van der Waals surface area contributed by atoms with Crippen LogP contribution in [0.4, 0.5) is 17.6 Å². The van der Waals surface area contributed by atoms with Crippen molar-refractivity contribution < 1.29 is 27.5 Å². The second-order valence-corrected chi connectivity index (χ2v) is 5.38. The lowest BCUT2D eigenvalue weighted by atomic mass is 9.89. The normalized spacial score (nSPS) is 23.5. The predicted octanol–water partition coefficient (Wildman–Crippen LogP) is 3.14. The molecule has 21 heavy (non-hydrogen) atoms. The van der Waals surface area contributed by atoms with E-state index >= 15 is 0 Å². The maximum absolute atomic E-state index is 13.5. The minimum absolute atomic E-state index is 0.125. The first-order valence-corrected chi connectivity index (χ1v) is 6.52. The summed E-state index contributed by atoms with van der Waals surface area (Å²) in [7, 11) is 0. The Kier molecular flexibility index (Phi) is 4.43. The fourth-order valence-electron chi connectivity index (χ4n) is 2.64. The van der Waals surface area contributed by atoms with E-state index in [1.54, 1.807) is 0 Å². The molecule has 0 saturated carbocycles. The monoisotopic (exact) mass is 325 g/mol. The second kappa shape index (κ2) is 5.81. The Morgan fingerprint density at radius 2 is 2.05 bits per heavy atom. The summed E-state index contributed by atoms with van der Waals surface area (Å²) in [5, 5.41) is 8.94. The fraction of sp³-hybridized carbons (Fsp3) is 0.462.